The molecule has 168 valence electrons. The van der Waals surface area contributed by atoms with E-state index in [1.54, 1.807) is 6.21 Å². The highest BCUT2D eigenvalue weighted by Gasteiger charge is 2.44. The average Bonchev–Trinajstić information content (AvgIpc) is 3.17. The van der Waals surface area contributed by atoms with Crippen LogP contribution in [0.2, 0.25) is 0 Å². The Bertz CT molecular complexity index is 760. The highest BCUT2D eigenvalue weighted by molar-refractivity contribution is 7.12. The Balaban J connectivity index is 1.63. The molecule has 6 nitrogen and oxygen atoms in total. The molecule has 0 amide bonds. The Kier molecular flexibility index (Phi) is 8.07. The van der Waals surface area contributed by atoms with Crippen LogP contribution in [0.1, 0.15) is 55.9 Å². The van der Waals surface area contributed by atoms with Crippen molar-refractivity contribution in [3.05, 3.63) is 21.4 Å². The molecule has 30 heavy (non-hydrogen) atoms. The molecule has 0 radical (unpaired) electrons. The molecule has 0 aliphatic carbocycles. The van der Waals surface area contributed by atoms with Crippen molar-refractivity contribution < 1.29 is 9.84 Å². The van der Waals surface area contributed by atoms with E-state index in [1.807, 2.05) is 11.3 Å². The fraction of sp³-hybridized carbons (Fsp3) is 0.739. The van der Waals surface area contributed by atoms with Crippen molar-refractivity contribution in [2.45, 2.75) is 65.0 Å². The fourth-order valence-electron chi connectivity index (χ4n) is 4.61. The first-order valence-electron chi connectivity index (χ1n) is 11.3. The molecule has 0 bridgehead atoms. The lowest BCUT2D eigenvalue weighted by Gasteiger charge is -2.47. The second-order valence-electron chi connectivity index (χ2n) is 9.07. The van der Waals surface area contributed by atoms with Gasteiger partial charge in [-0.2, -0.15) is 5.10 Å². The zero-order valence-corrected chi connectivity index (χ0v) is 19.7. The average molecular weight is 435 g/mol. The predicted octanol–water partition coefficient (Wildman–Crippen LogP) is 3.21. The zero-order chi connectivity index (χ0) is 21.7. The number of aliphatic hydroxyl groups excluding tert-OH is 1. The van der Waals surface area contributed by atoms with Gasteiger partial charge in [0.2, 0.25) is 0 Å². The Labute approximate surface area is 185 Å². The normalized spacial score (nSPS) is 26.6. The van der Waals surface area contributed by atoms with E-state index in [0.717, 1.165) is 44.5 Å². The van der Waals surface area contributed by atoms with Gasteiger partial charge < -0.3 is 15.7 Å². The van der Waals surface area contributed by atoms with E-state index in [-0.39, 0.29) is 18.1 Å². The number of rotatable bonds is 8. The van der Waals surface area contributed by atoms with E-state index in [2.05, 4.69) is 48.8 Å². The molecule has 0 saturated carbocycles. The zero-order valence-electron chi connectivity index (χ0n) is 18.9. The smallest absolute Gasteiger partial charge is 0.0969 e. The molecule has 1 fully saturated rings. The SMILES string of the molecule is CCc1cc2c(s1)CCO[C@@]21CCN(C/C(C=NCC(CO)C(C)C)=N/N)[C@@H](C)C1. The van der Waals surface area contributed by atoms with Crippen LogP contribution in [0.25, 0.3) is 0 Å². The maximum Gasteiger partial charge on any atom is 0.0969 e. The van der Waals surface area contributed by atoms with Crippen LogP contribution in [-0.2, 0) is 23.2 Å². The summed E-state index contributed by atoms with van der Waals surface area (Å²) in [4.78, 5) is 9.93. The Hall–Kier alpha value is -1.28. The van der Waals surface area contributed by atoms with Gasteiger partial charge in [0.25, 0.3) is 0 Å². The minimum absolute atomic E-state index is 0.132. The molecular weight excluding hydrogens is 396 g/mol. The van der Waals surface area contributed by atoms with Crippen LogP contribution in [0.3, 0.4) is 0 Å². The molecule has 3 N–H and O–H groups in total. The van der Waals surface area contributed by atoms with Crippen LogP contribution < -0.4 is 5.84 Å². The fourth-order valence-corrected chi connectivity index (χ4v) is 5.78. The summed E-state index contributed by atoms with van der Waals surface area (Å²) in [5.74, 6) is 6.23. The number of nitrogens with two attached hydrogens (primary N) is 1. The highest BCUT2D eigenvalue weighted by Crippen LogP contribution is 2.46. The lowest BCUT2D eigenvalue weighted by Crippen LogP contribution is -2.51. The molecule has 2 aliphatic heterocycles. The van der Waals surface area contributed by atoms with Crippen molar-refractivity contribution in [3.8, 4) is 0 Å². The van der Waals surface area contributed by atoms with E-state index >= 15 is 0 Å². The largest absolute Gasteiger partial charge is 0.396 e. The van der Waals surface area contributed by atoms with Gasteiger partial charge in [0.15, 0.2) is 0 Å². The van der Waals surface area contributed by atoms with Crippen molar-refractivity contribution in [1.82, 2.24) is 4.90 Å². The number of aliphatic hydroxyl groups is 1. The quantitative estimate of drug-likeness (QED) is 0.374. The predicted molar refractivity (Wildman–Crippen MR) is 126 cm³/mol. The van der Waals surface area contributed by atoms with E-state index < -0.39 is 0 Å². The lowest BCUT2D eigenvalue weighted by molar-refractivity contribution is -0.108. The van der Waals surface area contributed by atoms with Crippen LogP contribution in [-0.4, -0.2) is 60.8 Å². The molecule has 7 heteroatoms. The summed E-state index contributed by atoms with van der Waals surface area (Å²) in [6.45, 7) is 11.9. The number of piperidine rings is 1. The molecule has 1 unspecified atom stereocenters. The number of hydrogen-bond donors (Lipinski definition) is 2. The molecule has 3 rings (SSSR count). The van der Waals surface area contributed by atoms with Crippen LogP contribution in [0.4, 0.5) is 0 Å². The number of likely N-dealkylation sites (tertiary alicyclic amines) is 1. The van der Waals surface area contributed by atoms with E-state index in [0.29, 0.717) is 25.0 Å². The summed E-state index contributed by atoms with van der Waals surface area (Å²) in [5.41, 5.74) is 2.10. The molecule has 3 atom stereocenters. The molecule has 1 saturated heterocycles. The molecule has 1 aromatic rings. The van der Waals surface area contributed by atoms with Crippen LogP contribution in [0, 0.1) is 11.8 Å². The summed E-state index contributed by atoms with van der Waals surface area (Å²) in [7, 11) is 0. The summed E-state index contributed by atoms with van der Waals surface area (Å²) >= 11 is 1.97. The Morgan fingerprint density at radius 1 is 1.50 bits per heavy atom. The second-order valence-corrected chi connectivity index (χ2v) is 10.3. The summed E-state index contributed by atoms with van der Waals surface area (Å²) < 4.78 is 6.44. The minimum atomic E-state index is -0.132. The van der Waals surface area contributed by atoms with Crippen molar-refractivity contribution in [2.75, 3.05) is 32.8 Å². The third-order valence-corrected chi connectivity index (χ3v) is 8.09. The topological polar surface area (TPSA) is 83.4 Å². The van der Waals surface area contributed by atoms with Crippen molar-refractivity contribution in [3.63, 3.8) is 0 Å². The van der Waals surface area contributed by atoms with Gasteiger partial charge in [-0.1, -0.05) is 20.8 Å². The van der Waals surface area contributed by atoms with Crippen molar-refractivity contribution in [1.29, 1.82) is 0 Å². The maximum absolute atomic E-state index is 9.47. The second kappa shape index (κ2) is 10.4. The summed E-state index contributed by atoms with van der Waals surface area (Å²) in [6.07, 6.45) is 5.92. The van der Waals surface area contributed by atoms with Gasteiger partial charge in [-0.25, -0.2) is 0 Å². The summed E-state index contributed by atoms with van der Waals surface area (Å²) in [5, 5.41) is 13.4. The highest BCUT2D eigenvalue weighted by atomic mass is 32.1. The number of thiophene rings is 1. The number of hydrazone groups is 1. The number of nitrogens with zero attached hydrogens (tertiary/aromatic N) is 3. The lowest BCUT2D eigenvalue weighted by atomic mass is 9.79. The Morgan fingerprint density at radius 2 is 2.30 bits per heavy atom. The van der Waals surface area contributed by atoms with Crippen LogP contribution >= 0.6 is 11.3 Å². The molecule has 2 aliphatic rings. The third kappa shape index (κ3) is 5.13. The van der Waals surface area contributed by atoms with Crippen molar-refractivity contribution >= 4 is 23.3 Å². The Morgan fingerprint density at radius 3 is 2.93 bits per heavy atom. The van der Waals surface area contributed by atoms with E-state index in [1.165, 1.54) is 15.3 Å². The molecular formula is C23H38N4O2S. The molecule has 1 aromatic heterocycles. The third-order valence-electron chi connectivity index (χ3n) is 6.75. The van der Waals surface area contributed by atoms with Crippen LogP contribution in [0.5, 0.6) is 0 Å². The minimum Gasteiger partial charge on any atom is -0.396 e. The first-order valence-corrected chi connectivity index (χ1v) is 12.1. The molecule has 3 heterocycles. The number of ether oxygens (including phenoxy) is 1. The summed E-state index contributed by atoms with van der Waals surface area (Å²) in [6, 6.07) is 2.77. The first-order chi connectivity index (χ1) is 14.4. The number of aryl methyl sites for hydroxylation is 1. The maximum atomic E-state index is 9.47. The monoisotopic (exact) mass is 434 g/mol. The van der Waals surface area contributed by atoms with Gasteiger partial charge in [0.1, 0.15) is 0 Å². The van der Waals surface area contributed by atoms with Crippen molar-refractivity contribution in [2.24, 2.45) is 27.8 Å². The van der Waals surface area contributed by atoms with Gasteiger partial charge in [-0.05, 0) is 43.7 Å². The molecule has 1 spiro atoms. The number of hydrogen-bond acceptors (Lipinski definition) is 7. The van der Waals surface area contributed by atoms with Gasteiger partial charge in [-0.3, -0.25) is 9.89 Å². The molecule has 0 aromatic carbocycles. The first kappa shape index (κ1) is 23.4. The number of fused-ring (bicyclic) bond motifs is 2. The van der Waals surface area contributed by atoms with Gasteiger partial charge >= 0.3 is 0 Å². The van der Waals surface area contributed by atoms with Gasteiger partial charge in [0, 0.05) is 60.6 Å². The number of aliphatic imine (C=N–C) groups is 1. The van der Waals surface area contributed by atoms with Gasteiger partial charge in [-0.15, -0.1) is 11.3 Å². The van der Waals surface area contributed by atoms with Crippen LogP contribution in [0.15, 0.2) is 16.2 Å². The van der Waals surface area contributed by atoms with E-state index in [9.17, 15) is 5.11 Å². The van der Waals surface area contributed by atoms with Gasteiger partial charge in [0.05, 0.1) is 17.9 Å². The standard InChI is InChI=1S/C23H38N4O2S/c1-5-20-10-21-22(30-20)6-9-29-23(21)7-8-27(17(4)11-23)14-19(26-24)13-25-12-18(15-28)16(2)3/h10,13,16-18,28H,5-9,11-12,14-15,24H2,1-4H3/b25-13?,26-19+/t17-,18?,23+/m0/s1. The van der Waals surface area contributed by atoms with E-state index in [4.69, 9.17) is 10.6 Å².